The van der Waals surface area contributed by atoms with E-state index in [1.54, 1.807) is 4.90 Å². The summed E-state index contributed by atoms with van der Waals surface area (Å²) in [6, 6.07) is 2.37. The SMILES string of the molecule is CC(C)CN(CC(C)C)c1nc(C(=O)O)ccc1[N+](=O)[O-]. The van der Waals surface area contributed by atoms with Crippen molar-refractivity contribution in [3.63, 3.8) is 0 Å². The average Bonchev–Trinajstić information content (AvgIpc) is 2.35. The van der Waals surface area contributed by atoms with Gasteiger partial charge in [0.2, 0.25) is 5.82 Å². The Balaban J connectivity index is 3.33. The molecule has 0 unspecified atom stereocenters. The van der Waals surface area contributed by atoms with E-state index in [1.807, 2.05) is 27.7 Å². The normalized spacial score (nSPS) is 11.0. The molecule has 7 nitrogen and oxygen atoms in total. The third kappa shape index (κ3) is 4.70. The molecule has 0 spiro atoms. The number of nitro groups is 1. The maximum Gasteiger partial charge on any atom is 0.354 e. The number of anilines is 1. The molecule has 0 saturated heterocycles. The third-order valence-electron chi connectivity index (χ3n) is 2.74. The van der Waals surface area contributed by atoms with Gasteiger partial charge in [0, 0.05) is 19.2 Å². The highest BCUT2D eigenvalue weighted by Crippen LogP contribution is 2.27. The highest BCUT2D eigenvalue weighted by molar-refractivity contribution is 5.86. The van der Waals surface area contributed by atoms with Crippen molar-refractivity contribution in [1.29, 1.82) is 0 Å². The number of hydrogen-bond donors (Lipinski definition) is 1. The fourth-order valence-electron chi connectivity index (χ4n) is 2.06. The van der Waals surface area contributed by atoms with Crippen molar-refractivity contribution in [3.05, 3.63) is 27.9 Å². The van der Waals surface area contributed by atoms with Crippen LogP contribution in [0.15, 0.2) is 12.1 Å². The summed E-state index contributed by atoms with van der Waals surface area (Å²) in [6.45, 7) is 9.16. The van der Waals surface area contributed by atoms with E-state index in [0.717, 1.165) is 6.07 Å². The Kier molecular flexibility index (Phi) is 5.63. The molecule has 1 N–H and O–H groups in total. The van der Waals surface area contributed by atoms with Gasteiger partial charge in [-0.3, -0.25) is 10.1 Å². The predicted octanol–water partition coefficient (Wildman–Crippen LogP) is 2.81. The molecule has 21 heavy (non-hydrogen) atoms. The van der Waals surface area contributed by atoms with Gasteiger partial charge in [0.1, 0.15) is 0 Å². The summed E-state index contributed by atoms with van der Waals surface area (Å²) in [5, 5.41) is 20.2. The summed E-state index contributed by atoms with van der Waals surface area (Å²) in [4.78, 5) is 27.5. The molecule has 116 valence electrons. The molecule has 1 aromatic rings. The molecule has 7 heteroatoms. The molecular weight excluding hydrogens is 274 g/mol. The number of rotatable bonds is 7. The summed E-state index contributed by atoms with van der Waals surface area (Å²) in [5.74, 6) is -0.514. The highest BCUT2D eigenvalue weighted by atomic mass is 16.6. The maximum atomic E-state index is 11.2. The van der Waals surface area contributed by atoms with Gasteiger partial charge in [-0.1, -0.05) is 27.7 Å². The minimum Gasteiger partial charge on any atom is -0.477 e. The van der Waals surface area contributed by atoms with Gasteiger partial charge < -0.3 is 10.0 Å². The van der Waals surface area contributed by atoms with Crippen LogP contribution in [0.3, 0.4) is 0 Å². The van der Waals surface area contributed by atoms with Crippen LogP contribution in [0.2, 0.25) is 0 Å². The summed E-state index contributed by atoms with van der Waals surface area (Å²) in [5.41, 5.74) is -0.352. The number of aromatic nitrogens is 1. The predicted molar refractivity (Wildman–Crippen MR) is 79.7 cm³/mol. The van der Waals surface area contributed by atoms with Crippen LogP contribution in [-0.4, -0.2) is 34.1 Å². The quantitative estimate of drug-likeness (QED) is 0.613. The Morgan fingerprint density at radius 2 is 1.81 bits per heavy atom. The fourth-order valence-corrected chi connectivity index (χ4v) is 2.06. The Hall–Kier alpha value is -2.18. The van der Waals surface area contributed by atoms with E-state index in [4.69, 9.17) is 5.11 Å². The van der Waals surface area contributed by atoms with Gasteiger partial charge in [0.15, 0.2) is 5.69 Å². The Bertz CT molecular complexity index is 519. The molecule has 0 aliphatic rings. The van der Waals surface area contributed by atoms with Crippen LogP contribution in [0.5, 0.6) is 0 Å². The number of aromatic carboxylic acids is 1. The Morgan fingerprint density at radius 3 is 2.19 bits per heavy atom. The van der Waals surface area contributed by atoms with Crippen LogP contribution in [-0.2, 0) is 0 Å². The summed E-state index contributed by atoms with van der Waals surface area (Å²) in [6.07, 6.45) is 0. The standard InChI is InChI=1S/C14H21N3O4/c1-9(2)7-16(8-10(3)4)13-12(17(20)21)6-5-11(15-13)14(18)19/h5-6,9-10H,7-8H2,1-4H3,(H,18,19). The van der Waals surface area contributed by atoms with E-state index in [9.17, 15) is 14.9 Å². The van der Waals surface area contributed by atoms with Gasteiger partial charge in [-0.2, -0.15) is 0 Å². The summed E-state index contributed by atoms with van der Waals surface area (Å²) in [7, 11) is 0. The van der Waals surface area contributed by atoms with E-state index >= 15 is 0 Å². The molecule has 1 aromatic heterocycles. The van der Waals surface area contributed by atoms with Gasteiger partial charge in [-0.15, -0.1) is 0 Å². The maximum absolute atomic E-state index is 11.2. The molecular formula is C14H21N3O4. The van der Waals surface area contributed by atoms with E-state index < -0.39 is 10.9 Å². The summed E-state index contributed by atoms with van der Waals surface area (Å²) >= 11 is 0. The first-order valence-corrected chi connectivity index (χ1v) is 6.86. The van der Waals surface area contributed by atoms with Gasteiger partial charge >= 0.3 is 11.7 Å². The van der Waals surface area contributed by atoms with E-state index in [-0.39, 0.29) is 29.0 Å². The third-order valence-corrected chi connectivity index (χ3v) is 2.74. The van der Waals surface area contributed by atoms with Crippen molar-refractivity contribution in [3.8, 4) is 0 Å². The van der Waals surface area contributed by atoms with E-state index in [1.165, 1.54) is 6.07 Å². The van der Waals surface area contributed by atoms with Crippen LogP contribution in [0, 0.1) is 22.0 Å². The van der Waals surface area contributed by atoms with Crippen molar-refractivity contribution in [2.24, 2.45) is 11.8 Å². The zero-order valence-corrected chi connectivity index (χ0v) is 12.7. The van der Waals surface area contributed by atoms with Crippen molar-refractivity contribution < 1.29 is 14.8 Å². The number of pyridine rings is 1. The van der Waals surface area contributed by atoms with Gasteiger partial charge in [0.05, 0.1) is 4.92 Å². The van der Waals surface area contributed by atoms with Gasteiger partial charge in [-0.05, 0) is 17.9 Å². The lowest BCUT2D eigenvalue weighted by Gasteiger charge is -2.27. The monoisotopic (exact) mass is 295 g/mol. The number of carboxylic acid groups (broad SMARTS) is 1. The van der Waals surface area contributed by atoms with Crippen LogP contribution in [0.4, 0.5) is 11.5 Å². The lowest BCUT2D eigenvalue weighted by atomic mass is 10.1. The number of carbonyl (C=O) groups is 1. The van der Waals surface area contributed by atoms with Crippen LogP contribution >= 0.6 is 0 Å². The topological polar surface area (TPSA) is 96.6 Å². The molecule has 0 aliphatic heterocycles. The van der Waals surface area contributed by atoms with E-state index in [2.05, 4.69) is 4.98 Å². The lowest BCUT2D eigenvalue weighted by Crippen LogP contribution is -2.33. The van der Waals surface area contributed by atoms with Crippen molar-refractivity contribution >= 4 is 17.5 Å². The average molecular weight is 295 g/mol. The molecule has 0 fully saturated rings. The van der Waals surface area contributed by atoms with Crippen molar-refractivity contribution in [1.82, 2.24) is 4.98 Å². The number of nitrogens with zero attached hydrogens (tertiary/aromatic N) is 3. The molecule has 0 bridgehead atoms. The molecule has 0 aromatic carbocycles. The van der Waals surface area contributed by atoms with Gasteiger partial charge in [0.25, 0.3) is 0 Å². The van der Waals surface area contributed by atoms with Crippen molar-refractivity contribution in [2.75, 3.05) is 18.0 Å². The number of hydrogen-bond acceptors (Lipinski definition) is 5. The minimum atomic E-state index is -1.19. The summed E-state index contributed by atoms with van der Waals surface area (Å²) < 4.78 is 0. The number of carboxylic acids is 1. The molecule has 0 atom stereocenters. The zero-order valence-electron chi connectivity index (χ0n) is 12.7. The second-order valence-corrected chi connectivity index (χ2v) is 5.79. The van der Waals surface area contributed by atoms with Gasteiger partial charge in [-0.25, -0.2) is 9.78 Å². The largest absolute Gasteiger partial charge is 0.477 e. The van der Waals surface area contributed by atoms with Crippen LogP contribution in [0.25, 0.3) is 0 Å². The minimum absolute atomic E-state index is 0.127. The first-order chi connectivity index (χ1) is 9.72. The van der Waals surface area contributed by atoms with Crippen LogP contribution < -0.4 is 4.90 Å². The Morgan fingerprint density at radius 1 is 1.29 bits per heavy atom. The zero-order chi connectivity index (χ0) is 16.2. The molecule has 0 aliphatic carbocycles. The second kappa shape index (κ2) is 7.01. The molecule has 0 radical (unpaired) electrons. The second-order valence-electron chi connectivity index (χ2n) is 5.79. The molecule has 1 heterocycles. The molecule has 0 amide bonds. The fraction of sp³-hybridized carbons (Fsp3) is 0.571. The van der Waals surface area contributed by atoms with Crippen molar-refractivity contribution in [2.45, 2.75) is 27.7 Å². The smallest absolute Gasteiger partial charge is 0.354 e. The first-order valence-electron chi connectivity index (χ1n) is 6.86. The van der Waals surface area contributed by atoms with Crippen LogP contribution in [0.1, 0.15) is 38.2 Å². The lowest BCUT2D eigenvalue weighted by molar-refractivity contribution is -0.384. The van der Waals surface area contributed by atoms with E-state index in [0.29, 0.717) is 13.1 Å². The Labute approximate surface area is 123 Å². The first kappa shape index (κ1) is 16.9. The molecule has 0 saturated carbocycles. The highest BCUT2D eigenvalue weighted by Gasteiger charge is 2.24. The molecule has 1 rings (SSSR count).